The summed E-state index contributed by atoms with van der Waals surface area (Å²) in [5, 5.41) is 12.1. The standard InChI is InChI=1S/C20H17N3O3/c1-12(24)14-3-5-16(6-4-14)19-20(22-13(2)25)21-11-18(23-19)15-7-9-17(26)10-8-15/h3-11,26H,1-2H3,(H,21,22,25). The van der Waals surface area contributed by atoms with Crippen LogP contribution in [-0.4, -0.2) is 26.8 Å². The molecule has 3 aromatic rings. The van der Waals surface area contributed by atoms with Gasteiger partial charge in [0.1, 0.15) is 11.4 Å². The third kappa shape index (κ3) is 3.75. The Morgan fingerprint density at radius 3 is 2.12 bits per heavy atom. The predicted molar refractivity (Wildman–Crippen MR) is 98.9 cm³/mol. The molecule has 0 aliphatic heterocycles. The van der Waals surface area contributed by atoms with Crippen molar-refractivity contribution in [2.75, 3.05) is 5.32 Å². The first-order chi connectivity index (χ1) is 12.4. The zero-order chi connectivity index (χ0) is 18.7. The molecule has 6 heteroatoms. The number of hydrogen-bond donors (Lipinski definition) is 2. The number of benzene rings is 2. The van der Waals surface area contributed by atoms with E-state index < -0.39 is 0 Å². The average molecular weight is 347 g/mol. The van der Waals surface area contributed by atoms with Gasteiger partial charge in [-0.2, -0.15) is 0 Å². The zero-order valence-electron chi connectivity index (χ0n) is 14.4. The number of hydrogen-bond acceptors (Lipinski definition) is 5. The van der Waals surface area contributed by atoms with Crippen LogP contribution >= 0.6 is 0 Å². The van der Waals surface area contributed by atoms with Gasteiger partial charge < -0.3 is 10.4 Å². The summed E-state index contributed by atoms with van der Waals surface area (Å²) >= 11 is 0. The number of aromatic hydroxyl groups is 1. The molecule has 1 amide bonds. The molecule has 0 aliphatic rings. The lowest BCUT2D eigenvalue weighted by atomic mass is 10.1. The van der Waals surface area contributed by atoms with Crippen LogP contribution in [-0.2, 0) is 4.79 Å². The molecule has 26 heavy (non-hydrogen) atoms. The second-order valence-corrected chi connectivity index (χ2v) is 5.81. The van der Waals surface area contributed by atoms with Gasteiger partial charge in [0.05, 0.1) is 11.9 Å². The third-order valence-electron chi connectivity index (χ3n) is 3.79. The summed E-state index contributed by atoms with van der Waals surface area (Å²) in [7, 11) is 0. The van der Waals surface area contributed by atoms with E-state index in [0.717, 1.165) is 11.1 Å². The Balaban J connectivity index is 2.09. The molecule has 6 nitrogen and oxygen atoms in total. The number of rotatable bonds is 4. The molecule has 1 heterocycles. The monoisotopic (exact) mass is 347 g/mol. The molecule has 0 radical (unpaired) electrons. The van der Waals surface area contributed by atoms with E-state index >= 15 is 0 Å². The first-order valence-corrected chi connectivity index (χ1v) is 7.99. The summed E-state index contributed by atoms with van der Waals surface area (Å²) in [6.07, 6.45) is 1.56. The lowest BCUT2D eigenvalue weighted by molar-refractivity contribution is -0.114. The molecular weight excluding hydrogens is 330 g/mol. The highest BCUT2D eigenvalue weighted by Gasteiger charge is 2.13. The lowest BCUT2D eigenvalue weighted by Crippen LogP contribution is -2.10. The van der Waals surface area contributed by atoms with Crippen LogP contribution in [0, 0.1) is 0 Å². The van der Waals surface area contributed by atoms with Crippen molar-refractivity contribution >= 4 is 17.5 Å². The summed E-state index contributed by atoms with van der Waals surface area (Å²) in [5.41, 5.74) is 3.21. The minimum absolute atomic E-state index is 0.0254. The Labute approximate surface area is 150 Å². The van der Waals surface area contributed by atoms with Crippen LogP contribution in [0.2, 0.25) is 0 Å². The maximum atomic E-state index is 11.5. The van der Waals surface area contributed by atoms with E-state index in [1.807, 2.05) is 0 Å². The Kier molecular flexibility index (Phi) is 4.75. The SMILES string of the molecule is CC(=O)Nc1ncc(-c2ccc(O)cc2)nc1-c1ccc(C(C)=O)cc1. The van der Waals surface area contributed by atoms with Crippen LogP contribution in [0.1, 0.15) is 24.2 Å². The van der Waals surface area contributed by atoms with Gasteiger partial charge in [-0.05, 0) is 31.2 Å². The van der Waals surface area contributed by atoms with Gasteiger partial charge >= 0.3 is 0 Å². The number of Topliss-reactive ketones (excluding diaryl/α,β-unsaturated/α-hetero) is 1. The van der Waals surface area contributed by atoms with Crippen molar-refractivity contribution in [3.8, 4) is 28.3 Å². The average Bonchev–Trinajstić information content (AvgIpc) is 2.62. The van der Waals surface area contributed by atoms with E-state index in [4.69, 9.17) is 0 Å². The number of carbonyl (C=O) groups excluding carboxylic acids is 2. The molecule has 0 saturated heterocycles. The van der Waals surface area contributed by atoms with Crippen molar-refractivity contribution in [2.45, 2.75) is 13.8 Å². The van der Waals surface area contributed by atoms with Crippen LogP contribution in [0.4, 0.5) is 5.82 Å². The minimum atomic E-state index is -0.252. The number of nitrogens with one attached hydrogen (secondary N) is 1. The molecule has 3 rings (SSSR count). The molecule has 0 fully saturated rings. The molecule has 1 aromatic heterocycles. The maximum Gasteiger partial charge on any atom is 0.222 e. The molecular formula is C20H17N3O3. The quantitative estimate of drug-likeness (QED) is 0.703. The summed E-state index contributed by atoms with van der Waals surface area (Å²) in [5.74, 6) is 0.230. The highest BCUT2D eigenvalue weighted by atomic mass is 16.3. The molecule has 0 unspecified atom stereocenters. The molecule has 2 N–H and O–H groups in total. The van der Waals surface area contributed by atoms with E-state index in [-0.39, 0.29) is 17.4 Å². The number of anilines is 1. The van der Waals surface area contributed by atoms with E-state index in [0.29, 0.717) is 22.8 Å². The fourth-order valence-corrected chi connectivity index (χ4v) is 2.48. The van der Waals surface area contributed by atoms with Gasteiger partial charge in [0.2, 0.25) is 5.91 Å². The number of aromatic nitrogens is 2. The Hall–Kier alpha value is -3.54. The number of phenolic OH excluding ortho intramolecular Hbond substituents is 1. The lowest BCUT2D eigenvalue weighted by Gasteiger charge is -2.11. The van der Waals surface area contributed by atoms with Gasteiger partial charge in [0, 0.05) is 23.6 Å². The van der Waals surface area contributed by atoms with Crippen LogP contribution in [0.3, 0.4) is 0 Å². The van der Waals surface area contributed by atoms with Crippen LogP contribution in [0.5, 0.6) is 5.75 Å². The number of ketones is 1. The van der Waals surface area contributed by atoms with Crippen molar-refractivity contribution in [3.63, 3.8) is 0 Å². The Morgan fingerprint density at radius 2 is 1.54 bits per heavy atom. The zero-order valence-corrected chi connectivity index (χ0v) is 14.4. The topological polar surface area (TPSA) is 92.2 Å². The third-order valence-corrected chi connectivity index (χ3v) is 3.79. The Bertz CT molecular complexity index is 965. The van der Waals surface area contributed by atoms with Gasteiger partial charge in [-0.3, -0.25) is 9.59 Å². The summed E-state index contributed by atoms with van der Waals surface area (Å²) in [4.78, 5) is 31.9. The summed E-state index contributed by atoms with van der Waals surface area (Å²) in [6, 6.07) is 13.6. The minimum Gasteiger partial charge on any atom is -0.508 e. The van der Waals surface area contributed by atoms with Gasteiger partial charge in [0.15, 0.2) is 11.6 Å². The van der Waals surface area contributed by atoms with E-state index in [9.17, 15) is 14.7 Å². The van der Waals surface area contributed by atoms with Crippen molar-refractivity contribution in [1.82, 2.24) is 9.97 Å². The maximum absolute atomic E-state index is 11.5. The molecule has 0 aliphatic carbocycles. The summed E-state index contributed by atoms with van der Waals surface area (Å²) < 4.78 is 0. The molecule has 0 saturated carbocycles. The predicted octanol–water partition coefficient (Wildman–Crippen LogP) is 3.68. The molecule has 2 aromatic carbocycles. The first-order valence-electron chi connectivity index (χ1n) is 7.99. The van der Waals surface area contributed by atoms with E-state index in [2.05, 4.69) is 15.3 Å². The largest absolute Gasteiger partial charge is 0.508 e. The highest BCUT2D eigenvalue weighted by molar-refractivity contribution is 5.95. The number of amides is 1. The van der Waals surface area contributed by atoms with Crippen LogP contribution in [0.15, 0.2) is 54.7 Å². The van der Waals surface area contributed by atoms with Gasteiger partial charge in [0.25, 0.3) is 0 Å². The van der Waals surface area contributed by atoms with Crippen molar-refractivity contribution in [3.05, 3.63) is 60.3 Å². The van der Waals surface area contributed by atoms with Gasteiger partial charge in [-0.1, -0.05) is 24.3 Å². The van der Waals surface area contributed by atoms with E-state index in [1.54, 1.807) is 54.7 Å². The smallest absolute Gasteiger partial charge is 0.222 e. The van der Waals surface area contributed by atoms with Gasteiger partial charge in [-0.15, -0.1) is 0 Å². The second-order valence-electron chi connectivity index (χ2n) is 5.81. The number of carbonyl (C=O) groups is 2. The van der Waals surface area contributed by atoms with Crippen molar-refractivity contribution in [2.24, 2.45) is 0 Å². The molecule has 0 bridgehead atoms. The highest BCUT2D eigenvalue weighted by Crippen LogP contribution is 2.28. The fraction of sp³-hybridized carbons (Fsp3) is 0.100. The first kappa shape index (κ1) is 17.3. The van der Waals surface area contributed by atoms with Crippen molar-refractivity contribution < 1.29 is 14.7 Å². The molecule has 0 atom stereocenters. The van der Waals surface area contributed by atoms with Crippen LogP contribution < -0.4 is 5.32 Å². The fourth-order valence-electron chi connectivity index (χ4n) is 2.48. The molecule has 130 valence electrons. The number of nitrogens with zero attached hydrogens (tertiary/aromatic N) is 2. The van der Waals surface area contributed by atoms with Crippen molar-refractivity contribution in [1.29, 1.82) is 0 Å². The van der Waals surface area contributed by atoms with E-state index in [1.165, 1.54) is 13.8 Å². The molecule has 0 spiro atoms. The van der Waals surface area contributed by atoms with Gasteiger partial charge in [-0.25, -0.2) is 9.97 Å². The second kappa shape index (κ2) is 7.14. The Morgan fingerprint density at radius 1 is 0.923 bits per heavy atom. The van der Waals surface area contributed by atoms with Crippen LogP contribution in [0.25, 0.3) is 22.5 Å². The number of phenols is 1. The summed E-state index contributed by atoms with van der Waals surface area (Å²) in [6.45, 7) is 2.90. The normalized spacial score (nSPS) is 10.4.